The third kappa shape index (κ3) is 16.3. The molecule has 21 heavy (non-hydrogen) atoms. The number of rotatable bonds is 14. The van der Waals surface area contributed by atoms with E-state index in [4.69, 9.17) is 0 Å². The van der Waals surface area contributed by atoms with Crippen LogP contribution < -0.4 is 0 Å². The molecule has 1 heteroatoms. The maximum Gasteiger partial charge on any atom is 0.375 e. The lowest BCUT2D eigenvalue weighted by Crippen LogP contribution is -2.04. The summed E-state index contributed by atoms with van der Waals surface area (Å²) in [5.41, 5.74) is 0. The Morgan fingerprint density at radius 2 is 1.00 bits per heavy atom. The highest BCUT2D eigenvalue weighted by Crippen LogP contribution is 2.12. The standard InChI is InChI=1S/C16H29.2C2H5.Al/c1-3-5-7-9-11-13-15-16-14-12-10-8-6-4-2;2*1-2;/h3,5-16H2,1H3;2*1H2,2H3;. The minimum absolute atomic E-state index is 0.642. The lowest BCUT2D eigenvalue weighted by atomic mass is 10.0. The Hall–Kier alpha value is 0.0925. The van der Waals surface area contributed by atoms with E-state index in [0.29, 0.717) is 0 Å². The van der Waals surface area contributed by atoms with Crippen LogP contribution in [0.15, 0.2) is 0 Å². The predicted molar refractivity (Wildman–Crippen MR) is 100 cm³/mol. The summed E-state index contributed by atoms with van der Waals surface area (Å²) >= 11 is -0.642. The molecule has 122 valence electrons. The molecule has 0 nitrogen and oxygen atoms in total. The molecule has 0 heterocycles. The Labute approximate surface area is 139 Å². The number of unbranched alkanes of at least 4 members (excludes halogenated alkanes) is 12. The van der Waals surface area contributed by atoms with Gasteiger partial charge in [-0.05, 0) is 6.42 Å². The molecule has 0 aromatic rings. The van der Waals surface area contributed by atoms with Crippen LogP contribution in [0, 0.1) is 10.7 Å². The first-order valence-electron chi connectivity index (χ1n) is 9.83. The maximum atomic E-state index is 3.55. The second kappa shape index (κ2) is 18.1. The molecule has 0 fully saturated rings. The topological polar surface area (TPSA) is 0 Å². The van der Waals surface area contributed by atoms with Gasteiger partial charge in [-0.3, -0.25) is 0 Å². The van der Waals surface area contributed by atoms with Crippen molar-refractivity contribution in [2.24, 2.45) is 0 Å². The fourth-order valence-electron chi connectivity index (χ4n) is 2.76. The molecule has 0 aliphatic rings. The van der Waals surface area contributed by atoms with E-state index < -0.39 is 14.1 Å². The first-order chi connectivity index (χ1) is 10.3. The summed E-state index contributed by atoms with van der Waals surface area (Å²) in [6.07, 6.45) is 18.3. The molecule has 0 aromatic heterocycles. The highest BCUT2D eigenvalue weighted by atomic mass is 27.2. The van der Waals surface area contributed by atoms with E-state index in [1.165, 1.54) is 87.6 Å². The summed E-state index contributed by atoms with van der Waals surface area (Å²) in [6, 6.07) is 0. The summed E-state index contributed by atoms with van der Waals surface area (Å²) in [5, 5.41) is 2.70. The molecule has 0 aromatic carbocycles. The second-order valence-electron chi connectivity index (χ2n) is 6.47. The molecule has 0 amide bonds. The fraction of sp³-hybridized carbons (Fsp3) is 0.900. The first-order valence-corrected chi connectivity index (χ1v) is 12.0. The molecule has 0 aliphatic carbocycles. The molecule has 0 saturated heterocycles. The van der Waals surface area contributed by atoms with E-state index in [0.717, 1.165) is 6.42 Å². The molecular weight excluding hydrogens is 267 g/mol. The SMILES string of the molecule is CCCCCCCCCCCCCCC#[C][Al]([CH2]C)[CH2]C. The van der Waals surface area contributed by atoms with Crippen molar-refractivity contribution in [1.82, 2.24) is 0 Å². The molecule has 0 N–H and O–H groups in total. The van der Waals surface area contributed by atoms with Crippen LogP contribution in [0.2, 0.25) is 10.6 Å². The van der Waals surface area contributed by atoms with E-state index in [1.807, 2.05) is 0 Å². The summed E-state index contributed by atoms with van der Waals surface area (Å²) in [4.78, 5) is 3.55. The van der Waals surface area contributed by atoms with Gasteiger partial charge in [0.2, 0.25) is 0 Å². The normalized spacial score (nSPS) is 10.2. The van der Waals surface area contributed by atoms with Crippen LogP contribution in [0.4, 0.5) is 0 Å². The van der Waals surface area contributed by atoms with E-state index in [-0.39, 0.29) is 0 Å². The van der Waals surface area contributed by atoms with Crippen molar-refractivity contribution in [3.05, 3.63) is 0 Å². The van der Waals surface area contributed by atoms with Gasteiger partial charge in [-0.25, -0.2) is 4.78 Å². The lowest BCUT2D eigenvalue weighted by Gasteiger charge is -2.02. The Morgan fingerprint density at radius 1 is 0.571 bits per heavy atom. The molecule has 0 unspecified atom stereocenters. The molecular formula is C20H39Al. The number of hydrogen-bond acceptors (Lipinski definition) is 0. The van der Waals surface area contributed by atoms with Gasteiger partial charge in [0, 0.05) is 6.42 Å². The minimum atomic E-state index is -0.642. The zero-order valence-corrected chi connectivity index (χ0v) is 16.3. The Morgan fingerprint density at radius 3 is 1.43 bits per heavy atom. The monoisotopic (exact) mass is 306 g/mol. The largest absolute Gasteiger partial charge is 0.375 e. The van der Waals surface area contributed by atoms with Crippen LogP contribution in [0.3, 0.4) is 0 Å². The minimum Gasteiger partial charge on any atom is -0.205 e. The van der Waals surface area contributed by atoms with Crippen molar-refractivity contribution in [1.29, 1.82) is 0 Å². The van der Waals surface area contributed by atoms with Gasteiger partial charge in [0.1, 0.15) is 0 Å². The van der Waals surface area contributed by atoms with Crippen LogP contribution in [-0.2, 0) is 0 Å². The van der Waals surface area contributed by atoms with Crippen LogP contribution >= 0.6 is 0 Å². The highest BCUT2D eigenvalue weighted by molar-refractivity contribution is 6.67. The first kappa shape index (κ1) is 21.1. The molecule has 0 rings (SSSR count). The third-order valence-corrected chi connectivity index (χ3v) is 7.03. The third-order valence-electron chi connectivity index (χ3n) is 4.45. The van der Waals surface area contributed by atoms with Crippen LogP contribution in [-0.4, -0.2) is 14.1 Å². The average molecular weight is 307 g/mol. The summed E-state index contributed by atoms with van der Waals surface area (Å²) in [6.45, 7) is 6.90. The average Bonchev–Trinajstić information content (AvgIpc) is 2.51. The quantitative estimate of drug-likeness (QED) is 0.181. The second-order valence-corrected chi connectivity index (χ2v) is 9.79. The predicted octanol–water partition coefficient (Wildman–Crippen LogP) is 7.15. The van der Waals surface area contributed by atoms with Crippen LogP contribution in [0.5, 0.6) is 0 Å². The van der Waals surface area contributed by atoms with Gasteiger partial charge in [0.15, 0.2) is 0 Å². The molecule has 0 aliphatic heterocycles. The van der Waals surface area contributed by atoms with Crippen molar-refractivity contribution in [3.63, 3.8) is 0 Å². The van der Waals surface area contributed by atoms with Crippen molar-refractivity contribution < 1.29 is 0 Å². The van der Waals surface area contributed by atoms with Gasteiger partial charge in [-0.2, -0.15) is 0 Å². The zero-order valence-electron chi connectivity index (χ0n) is 15.2. The van der Waals surface area contributed by atoms with Gasteiger partial charge >= 0.3 is 14.1 Å². The molecule has 0 atom stereocenters. The van der Waals surface area contributed by atoms with Crippen molar-refractivity contribution in [3.8, 4) is 10.7 Å². The van der Waals surface area contributed by atoms with Gasteiger partial charge < -0.3 is 0 Å². The Bertz CT molecular complexity index is 244. The van der Waals surface area contributed by atoms with Gasteiger partial charge in [-0.15, -0.1) is 5.92 Å². The van der Waals surface area contributed by atoms with E-state index in [2.05, 4.69) is 31.5 Å². The van der Waals surface area contributed by atoms with Crippen molar-refractivity contribution in [2.75, 3.05) is 0 Å². The highest BCUT2D eigenvalue weighted by Gasteiger charge is 2.06. The molecule has 0 radical (unpaired) electrons. The van der Waals surface area contributed by atoms with Crippen LogP contribution in [0.25, 0.3) is 0 Å². The molecule has 0 saturated carbocycles. The van der Waals surface area contributed by atoms with E-state index in [1.54, 1.807) is 0 Å². The van der Waals surface area contributed by atoms with Gasteiger partial charge in [0.25, 0.3) is 0 Å². The van der Waals surface area contributed by atoms with Crippen molar-refractivity contribution >= 4 is 14.1 Å². The van der Waals surface area contributed by atoms with E-state index in [9.17, 15) is 0 Å². The summed E-state index contributed by atoms with van der Waals surface area (Å²) in [5.74, 6) is 3.43. The zero-order chi connectivity index (χ0) is 15.6. The molecule has 0 spiro atoms. The van der Waals surface area contributed by atoms with Gasteiger partial charge in [-0.1, -0.05) is 102 Å². The lowest BCUT2D eigenvalue weighted by molar-refractivity contribution is 0.545. The number of hydrogen-bond donors (Lipinski definition) is 0. The smallest absolute Gasteiger partial charge is 0.205 e. The maximum absolute atomic E-state index is 3.55. The van der Waals surface area contributed by atoms with E-state index >= 15 is 0 Å². The summed E-state index contributed by atoms with van der Waals surface area (Å²) < 4.78 is 0. The summed E-state index contributed by atoms with van der Waals surface area (Å²) in [7, 11) is 0. The Balaban J connectivity index is 3.15. The van der Waals surface area contributed by atoms with Crippen LogP contribution in [0.1, 0.15) is 104 Å². The van der Waals surface area contributed by atoms with Crippen molar-refractivity contribution in [2.45, 2.75) is 115 Å². The molecule has 0 bridgehead atoms. The fourth-order valence-corrected chi connectivity index (χ4v) is 4.18. The Kier molecular flexibility index (Phi) is 18.2. The van der Waals surface area contributed by atoms with Gasteiger partial charge in [0.05, 0.1) is 0 Å².